The van der Waals surface area contributed by atoms with E-state index in [2.05, 4.69) is 5.29 Å². The van der Waals surface area contributed by atoms with Gasteiger partial charge in [0, 0.05) is 19.1 Å². The molecule has 2 heterocycles. The van der Waals surface area contributed by atoms with Crippen LogP contribution in [-0.2, 0) is 9.53 Å². The van der Waals surface area contributed by atoms with Gasteiger partial charge in [-0.05, 0) is 6.42 Å². The number of hydrogen-bond acceptors (Lipinski definition) is 4. The van der Waals surface area contributed by atoms with Crippen LogP contribution in [0.2, 0.25) is 0 Å². The van der Waals surface area contributed by atoms with Crippen molar-refractivity contribution in [2.45, 2.75) is 6.42 Å². The van der Waals surface area contributed by atoms with Gasteiger partial charge < -0.3 is 9.84 Å². The number of aliphatic carboxylic acids is 1. The van der Waals surface area contributed by atoms with E-state index in [1.807, 2.05) is 0 Å². The maximum absolute atomic E-state index is 11.2. The summed E-state index contributed by atoms with van der Waals surface area (Å²) in [6.45, 7) is 1.39. The summed E-state index contributed by atoms with van der Waals surface area (Å²) in [6.07, 6.45) is 0.693. The van der Waals surface area contributed by atoms with Gasteiger partial charge in [0.05, 0.1) is 18.4 Å². The maximum atomic E-state index is 11.2. The number of carboxylic acids is 1. The van der Waals surface area contributed by atoms with Crippen molar-refractivity contribution in [2.75, 3.05) is 26.3 Å². The van der Waals surface area contributed by atoms with Gasteiger partial charge in [0.2, 0.25) is 0 Å². The molecule has 0 aromatic heterocycles. The molecule has 0 saturated carbocycles. The number of nitrogens with zero attached hydrogens (tertiary/aromatic N) is 2. The highest BCUT2D eigenvalue weighted by Gasteiger charge is 2.54. The van der Waals surface area contributed by atoms with Crippen LogP contribution in [0.4, 0.5) is 0 Å². The van der Waals surface area contributed by atoms with Crippen LogP contribution in [-0.4, -0.2) is 42.4 Å². The van der Waals surface area contributed by atoms with E-state index in [0.29, 0.717) is 19.6 Å². The topological polar surface area (TPSA) is 79.2 Å². The predicted molar refractivity (Wildman–Crippen MR) is 46.4 cm³/mol. The molecule has 2 unspecified atom stereocenters. The standard InChI is InChI=1S/C8H12N2O4/c11-7(12)8-4-10(9-13)3-6(8)1-2-14-5-8/h6H,1-5H2,(H,11,12). The van der Waals surface area contributed by atoms with Crippen LogP contribution >= 0.6 is 0 Å². The quantitative estimate of drug-likeness (QED) is 0.639. The van der Waals surface area contributed by atoms with E-state index in [1.165, 1.54) is 5.01 Å². The Morgan fingerprint density at radius 3 is 3.00 bits per heavy atom. The molecule has 0 aromatic rings. The van der Waals surface area contributed by atoms with Gasteiger partial charge in [-0.1, -0.05) is 0 Å². The minimum absolute atomic E-state index is 0.00792. The van der Waals surface area contributed by atoms with Gasteiger partial charge in [-0.2, -0.15) is 0 Å². The number of rotatable bonds is 2. The van der Waals surface area contributed by atoms with E-state index < -0.39 is 11.4 Å². The number of fused-ring (bicyclic) bond motifs is 1. The van der Waals surface area contributed by atoms with Gasteiger partial charge in [-0.15, -0.1) is 4.91 Å². The summed E-state index contributed by atoms with van der Waals surface area (Å²) >= 11 is 0. The molecule has 0 amide bonds. The molecule has 1 N–H and O–H groups in total. The second-order valence-electron chi connectivity index (χ2n) is 3.93. The molecule has 2 saturated heterocycles. The third kappa shape index (κ3) is 1.18. The molecule has 0 aliphatic carbocycles. The highest BCUT2D eigenvalue weighted by molar-refractivity contribution is 5.76. The van der Waals surface area contributed by atoms with Gasteiger partial charge in [0.25, 0.3) is 0 Å². The van der Waals surface area contributed by atoms with Gasteiger partial charge in [-0.3, -0.25) is 9.80 Å². The zero-order valence-electron chi connectivity index (χ0n) is 7.68. The molecule has 0 bridgehead atoms. The van der Waals surface area contributed by atoms with Gasteiger partial charge in [-0.25, -0.2) is 0 Å². The van der Waals surface area contributed by atoms with E-state index in [-0.39, 0.29) is 19.1 Å². The minimum atomic E-state index is -0.911. The first-order chi connectivity index (χ1) is 6.69. The summed E-state index contributed by atoms with van der Waals surface area (Å²) in [5.41, 5.74) is -0.911. The largest absolute Gasteiger partial charge is 0.481 e. The lowest BCUT2D eigenvalue weighted by Crippen LogP contribution is -2.46. The molecule has 2 rings (SSSR count). The molecule has 2 fully saturated rings. The lowest BCUT2D eigenvalue weighted by molar-refractivity contribution is -0.159. The smallest absolute Gasteiger partial charge is 0.314 e. The maximum Gasteiger partial charge on any atom is 0.314 e. The second kappa shape index (κ2) is 3.20. The van der Waals surface area contributed by atoms with Crippen LogP contribution in [0.15, 0.2) is 5.29 Å². The third-order valence-electron chi connectivity index (χ3n) is 3.19. The Kier molecular flexibility index (Phi) is 2.14. The SMILES string of the molecule is O=NN1CC2CCOCC2(C(=O)O)C1. The van der Waals surface area contributed by atoms with Gasteiger partial charge >= 0.3 is 5.97 Å². The molecule has 0 spiro atoms. The average molecular weight is 200 g/mol. The van der Waals surface area contributed by atoms with E-state index in [4.69, 9.17) is 9.84 Å². The molecular weight excluding hydrogens is 188 g/mol. The third-order valence-corrected chi connectivity index (χ3v) is 3.19. The lowest BCUT2D eigenvalue weighted by atomic mass is 9.76. The van der Waals surface area contributed by atoms with Crippen molar-refractivity contribution < 1.29 is 14.6 Å². The molecule has 2 aliphatic heterocycles. The molecule has 14 heavy (non-hydrogen) atoms. The van der Waals surface area contributed by atoms with Crippen LogP contribution < -0.4 is 0 Å². The molecular formula is C8H12N2O4. The van der Waals surface area contributed by atoms with E-state index in [1.54, 1.807) is 0 Å². The number of carbonyl (C=O) groups is 1. The Balaban J connectivity index is 2.24. The molecule has 2 aliphatic rings. The number of hydrogen-bond donors (Lipinski definition) is 1. The summed E-state index contributed by atoms with van der Waals surface area (Å²) in [7, 11) is 0. The highest BCUT2D eigenvalue weighted by atomic mass is 16.5. The van der Waals surface area contributed by atoms with Crippen molar-refractivity contribution in [3.05, 3.63) is 4.91 Å². The fourth-order valence-electron chi connectivity index (χ4n) is 2.33. The Hall–Kier alpha value is -1.17. The second-order valence-corrected chi connectivity index (χ2v) is 3.93. The summed E-state index contributed by atoms with van der Waals surface area (Å²) in [5.74, 6) is -0.889. The van der Waals surface area contributed by atoms with Crippen molar-refractivity contribution in [1.29, 1.82) is 0 Å². The Morgan fingerprint density at radius 1 is 1.64 bits per heavy atom. The van der Waals surface area contributed by atoms with Gasteiger partial charge in [0.1, 0.15) is 5.41 Å². The van der Waals surface area contributed by atoms with Crippen LogP contribution in [0.5, 0.6) is 0 Å². The average Bonchev–Trinajstić information content (AvgIpc) is 2.57. The first-order valence-electron chi connectivity index (χ1n) is 4.58. The van der Waals surface area contributed by atoms with Crippen molar-refractivity contribution in [2.24, 2.45) is 16.6 Å². The van der Waals surface area contributed by atoms with Crippen LogP contribution in [0.25, 0.3) is 0 Å². The van der Waals surface area contributed by atoms with Crippen molar-refractivity contribution >= 4 is 5.97 Å². The Labute approximate surface area is 80.8 Å². The zero-order valence-corrected chi connectivity index (χ0v) is 7.68. The van der Waals surface area contributed by atoms with Crippen molar-refractivity contribution in [3.8, 4) is 0 Å². The first kappa shape index (κ1) is 9.39. The van der Waals surface area contributed by atoms with Gasteiger partial charge in [0.15, 0.2) is 0 Å². The van der Waals surface area contributed by atoms with Crippen LogP contribution in [0.3, 0.4) is 0 Å². The Bertz CT molecular complexity index is 270. The fraction of sp³-hybridized carbons (Fsp3) is 0.875. The number of ether oxygens (including phenoxy) is 1. The lowest BCUT2D eigenvalue weighted by Gasteiger charge is -2.33. The van der Waals surface area contributed by atoms with E-state index in [9.17, 15) is 9.70 Å². The molecule has 0 radical (unpaired) electrons. The minimum Gasteiger partial charge on any atom is -0.481 e. The van der Waals surface area contributed by atoms with Crippen molar-refractivity contribution in [3.63, 3.8) is 0 Å². The van der Waals surface area contributed by atoms with E-state index in [0.717, 1.165) is 0 Å². The van der Waals surface area contributed by atoms with Crippen molar-refractivity contribution in [1.82, 2.24) is 5.01 Å². The predicted octanol–water partition coefficient (Wildman–Crippen LogP) is 0.0909. The first-order valence-corrected chi connectivity index (χ1v) is 4.58. The zero-order chi connectivity index (χ0) is 10.2. The summed E-state index contributed by atoms with van der Waals surface area (Å²) < 4.78 is 5.19. The van der Waals surface area contributed by atoms with E-state index >= 15 is 0 Å². The summed E-state index contributed by atoms with van der Waals surface area (Å²) in [6, 6.07) is 0. The Morgan fingerprint density at radius 2 is 2.43 bits per heavy atom. The molecule has 78 valence electrons. The summed E-state index contributed by atoms with van der Waals surface area (Å²) in [4.78, 5) is 21.5. The summed E-state index contributed by atoms with van der Waals surface area (Å²) in [5, 5.41) is 13.3. The number of carboxylic acid groups (broad SMARTS) is 1. The molecule has 6 nitrogen and oxygen atoms in total. The molecule has 6 heteroatoms. The fourth-order valence-corrected chi connectivity index (χ4v) is 2.33. The van der Waals surface area contributed by atoms with Crippen LogP contribution in [0, 0.1) is 16.2 Å². The normalized spacial score (nSPS) is 36.6. The molecule has 0 aromatic carbocycles. The number of nitroso groups, excluding NO2 is 1. The monoisotopic (exact) mass is 200 g/mol. The highest BCUT2D eigenvalue weighted by Crippen LogP contribution is 2.41. The van der Waals surface area contributed by atoms with Crippen LogP contribution in [0.1, 0.15) is 6.42 Å². The molecule has 2 atom stereocenters.